The van der Waals surface area contributed by atoms with Gasteiger partial charge in [0.1, 0.15) is 5.75 Å². The summed E-state index contributed by atoms with van der Waals surface area (Å²) in [5, 5.41) is 13.0. The van der Waals surface area contributed by atoms with Gasteiger partial charge >= 0.3 is 0 Å². The number of nitrogens with zero attached hydrogens (tertiary/aromatic N) is 1. The summed E-state index contributed by atoms with van der Waals surface area (Å²) in [5.74, 6) is 0.151. The lowest BCUT2D eigenvalue weighted by atomic mass is 10.0. The average Bonchev–Trinajstić information content (AvgIpc) is 2.47. The molecule has 0 radical (unpaired) electrons. The summed E-state index contributed by atoms with van der Waals surface area (Å²) in [6.45, 7) is 4.64. The van der Waals surface area contributed by atoms with Gasteiger partial charge in [0.05, 0.1) is 0 Å². The second-order valence-electron chi connectivity index (χ2n) is 5.45. The van der Waals surface area contributed by atoms with Crippen molar-refractivity contribution in [2.24, 2.45) is 0 Å². The molecule has 1 fully saturated rings. The van der Waals surface area contributed by atoms with Gasteiger partial charge in [0.25, 0.3) is 5.91 Å². The van der Waals surface area contributed by atoms with Gasteiger partial charge in [0.15, 0.2) is 0 Å². The molecule has 1 atom stereocenters. The van der Waals surface area contributed by atoms with Crippen LogP contribution in [-0.2, 0) is 0 Å². The maximum atomic E-state index is 12.5. The van der Waals surface area contributed by atoms with Crippen molar-refractivity contribution in [3.8, 4) is 5.75 Å². The zero-order valence-corrected chi connectivity index (χ0v) is 12.1. The van der Waals surface area contributed by atoms with Gasteiger partial charge in [-0.05, 0) is 44.0 Å². The van der Waals surface area contributed by atoms with Crippen LogP contribution in [0.1, 0.15) is 43.0 Å². The molecule has 1 aliphatic rings. The lowest BCUT2D eigenvalue weighted by Crippen LogP contribution is -2.46. The maximum Gasteiger partial charge on any atom is 0.254 e. The summed E-state index contributed by atoms with van der Waals surface area (Å²) in [6, 6.07) is 7.00. The van der Waals surface area contributed by atoms with Crippen LogP contribution in [0.5, 0.6) is 5.75 Å². The van der Waals surface area contributed by atoms with Gasteiger partial charge in [-0.2, -0.15) is 0 Å². The summed E-state index contributed by atoms with van der Waals surface area (Å²) < 4.78 is 0. The highest BCUT2D eigenvalue weighted by atomic mass is 16.3. The first kappa shape index (κ1) is 14.9. The van der Waals surface area contributed by atoms with Gasteiger partial charge in [0.2, 0.25) is 0 Å². The zero-order chi connectivity index (χ0) is 14.4. The normalized spacial score (nSPS) is 18.8. The van der Waals surface area contributed by atoms with Crippen LogP contribution in [0.3, 0.4) is 0 Å². The van der Waals surface area contributed by atoms with Gasteiger partial charge in [-0.25, -0.2) is 0 Å². The third-order valence-electron chi connectivity index (χ3n) is 3.73. The molecular formula is C16H24N2O2. The number of carbonyl (C=O) groups excluding carboxylic acids is 1. The molecular weight excluding hydrogens is 252 g/mol. The van der Waals surface area contributed by atoms with Gasteiger partial charge in [0, 0.05) is 24.7 Å². The molecule has 0 bridgehead atoms. The van der Waals surface area contributed by atoms with Gasteiger partial charge < -0.3 is 15.3 Å². The number of hydrogen-bond donors (Lipinski definition) is 2. The van der Waals surface area contributed by atoms with Crippen LogP contribution in [0.4, 0.5) is 0 Å². The molecule has 1 aromatic rings. The number of nitrogens with one attached hydrogen (secondary N) is 1. The fourth-order valence-corrected chi connectivity index (χ4v) is 2.71. The Labute approximate surface area is 120 Å². The molecule has 1 saturated heterocycles. The highest BCUT2D eigenvalue weighted by Gasteiger charge is 2.21. The Morgan fingerprint density at radius 1 is 1.45 bits per heavy atom. The molecule has 1 heterocycles. The van der Waals surface area contributed by atoms with Crippen LogP contribution < -0.4 is 5.32 Å². The molecule has 1 amide bonds. The Bertz CT molecular complexity index is 442. The number of amides is 1. The van der Waals surface area contributed by atoms with E-state index in [1.807, 2.05) is 4.90 Å². The Morgan fingerprint density at radius 3 is 2.95 bits per heavy atom. The second kappa shape index (κ2) is 7.29. The average molecular weight is 276 g/mol. The Kier molecular flexibility index (Phi) is 5.41. The molecule has 2 N–H and O–H groups in total. The Balaban J connectivity index is 2.04. The lowest BCUT2D eigenvalue weighted by Gasteiger charge is -2.30. The number of rotatable bonds is 5. The van der Waals surface area contributed by atoms with Crippen molar-refractivity contribution < 1.29 is 9.90 Å². The summed E-state index contributed by atoms with van der Waals surface area (Å²) in [6.07, 6.45) is 4.54. The number of benzene rings is 1. The first-order valence-corrected chi connectivity index (χ1v) is 7.52. The summed E-state index contributed by atoms with van der Waals surface area (Å²) in [7, 11) is 0. The minimum Gasteiger partial charge on any atom is -0.508 e. The van der Waals surface area contributed by atoms with Gasteiger partial charge in [-0.1, -0.05) is 19.4 Å². The van der Waals surface area contributed by atoms with Crippen LogP contribution in [0.25, 0.3) is 0 Å². The SMILES string of the molecule is CCCN(CC1CCCCN1)C(=O)c1cccc(O)c1. The summed E-state index contributed by atoms with van der Waals surface area (Å²) in [4.78, 5) is 14.4. The molecule has 0 saturated carbocycles. The maximum absolute atomic E-state index is 12.5. The van der Waals surface area contributed by atoms with Crippen molar-refractivity contribution in [3.05, 3.63) is 29.8 Å². The fraction of sp³-hybridized carbons (Fsp3) is 0.562. The molecule has 1 aromatic carbocycles. The molecule has 2 rings (SSSR count). The summed E-state index contributed by atoms with van der Waals surface area (Å²) >= 11 is 0. The standard InChI is InChI=1S/C16H24N2O2/c1-2-10-18(12-14-7-3-4-9-17-14)16(20)13-6-5-8-15(19)11-13/h5-6,8,11,14,17,19H,2-4,7,9-10,12H2,1H3. The van der Waals surface area contributed by atoms with Crippen molar-refractivity contribution in [1.82, 2.24) is 10.2 Å². The van der Waals surface area contributed by atoms with E-state index in [1.54, 1.807) is 24.3 Å². The number of phenolic OH excluding ortho intramolecular Hbond substituents is 1. The van der Waals surface area contributed by atoms with Gasteiger partial charge in [-0.3, -0.25) is 4.79 Å². The van der Waals surface area contributed by atoms with E-state index in [9.17, 15) is 9.90 Å². The molecule has 4 nitrogen and oxygen atoms in total. The minimum atomic E-state index is 0.00937. The van der Waals surface area contributed by atoms with Crippen molar-refractivity contribution in [1.29, 1.82) is 0 Å². The van der Waals surface area contributed by atoms with E-state index >= 15 is 0 Å². The molecule has 0 spiro atoms. The smallest absolute Gasteiger partial charge is 0.254 e. The minimum absolute atomic E-state index is 0.00937. The monoisotopic (exact) mass is 276 g/mol. The third kappa shape index (κ3) is 3.97. The molecule has 110 valence electrons. The van der Waals surface area contributed by atoms with E-state index in [1.165, 1.54) is 12.8 Å². The van der Waals surface area contributed by atoms with Crippen LogP contribution in [0.2, 0.25) is 0 Å². The van der Waals surface area contributed by atoms with E-state index in [0.29, 0.717) is 11.6 Å². The number of phenols is 1. The van der Waals surface area contributed by atoms with E-state index in [-0.39, 0.29) is 11.7 Å². The highest BCUT2D eigenvalue weighted by molar-refractivity contribution is 5.94. The van der Waals surface area contributed by atoms with Crippen molar-refractivity contribution in [2.45, 2.75) is 38.6 Å². The number of aromatic hydroxyl groups is 1. The van der Waals surface area contributed by atoms with E-state index < -0.39 is 0 Å². The molecule has 20 heavy (non-hydrogen) atoms. The van der Waals surface area contributed by atoms with Crippen molar-refractivity contribution in [2.75, 3.05) is 19.6 Å². The highest BCUT2D eigenvalue weighted by Crippen LogP contribution is 2.15. The molecule has 1 aliphatic heterocycles. The molecule has 0 aliphatic carbocycles. The van der Waals surface area contributed by atoms with Crippen LogP contribution in [0, 0.1) is 0 Å². The number of piperidine rings is 1. The Morgan fingerprint density at radius 2 is 2.30 bits per heavy atom. The molecule has 4 heteroatoms. The van der Waals surface area contributed by atoms with E-state index in [2.05, 4.69) is 12.2 Å². The Hall–Kier alpha value is -1.55. The topological polar surface area (TPSA) is 52.6 Å². The quantitative estimate of drug-likeness (QED) is 0.868. The largest absolute Gasteiger partial charge is 0.508 e. The fourth-order valence-electron chi connectivity index (χ4n) is 2.71. The van der Waals surface area contributed by atoms with Gasteiger partial charge in [-0.15, -0.1) is 0 Å². The first-order valence-electron chi connectivity index (χ1n) is 7.52. The number of carbonyl (C=O) groups is 1. The van der Waals surface area contributed by atoms with E-state index in [4.69, 9.17) is 0 Å². The third-order valence-corrected chi connectivity index (χ3v) is 3.73. The van der Waals surface area contributed by atoms with E-state index in [0.717, 1.165) is 32.5 Å². The molecule has 1 unspecified atom stereocenters. The predicted molar refractivity (Wildman–Crippen MR) is 79.9 cm³/mol. The first-order chi connectivity index (χ1) is 9.70. The second-order valence-corrected chi connectivity index (χ2v) is 5.45. The predicted octanol–water partition coefficient (Wildman–Crippen LogP) is 2.39. The van der Waals surface area contributed by atoms with Crippen LogP contribution >= 0.6 is 0 Å². The van der Waals surface area contributed by atoms with Crippen molar-refractivity contribution >= 4 is 5.91 Å². The number of hydrogen-bond acceptors (Lipinski definition) is 3. The van der Waals surface area contributed by atoms with Crippen LogP contribution in [-0.4, -0.2) is 41.6 Å². The summed E-state index contributed by atoms with van der Waals surface area (Å²) in [5.41, 5.74) is 0.564. The molecule has 0 aromatic heterocycles. The lowest BCUT2D eigenvalue weighted by molar-refractivity contribution is 0.0731. The zero-order valence-electron chi connectivity index (χ0n) is 12.1. The van der Waals surface area contributed by atoms with Crippen LogP contribution in [0.15, 0.2) is 24.3 Å². The van der Waals surface area contributed by atoms with Crippen molar-refractivity contribution in [3.63, 3.8) is 0 Å².